The lowest BCUT2D eigenvalue weighted by atomic mass is 10.3. The molecule has 0 radical (unpaired) electrons. The van der Waals surface area contributed by atoms with Crippen molar-refractivity contribution in [1.82, 2.24) is 15.2 Å². The molecular weight excluding hydrogens is 242 g/mol. The molecule has 1 aromatic rings. The van der Waals surface area contributed by atoms with Crippen molar-refractivity contribution in [1.29, 1.82) is 0 Å². The molecule has 1 aliphatic heterocycles. The summed E-state index contributed by atoms with van der Waals surface area (Å²) in [4.78, 5) is 6.76. The Hall–Kier alpha value is -0.160. The molecule has 0 amide bonds. The van der Waals surface area contributed by atoms with E-state index in [1.165, 1.54) is 25.9 Å². The fraction of sp³-hybridized carbons (Fsp3) is 0.727. The van der Waals surface area contributed by atoms with Crippen LogP contribution in [0.1, 0.15) is 24.8 Å². The Morgan fingerprint density at radius 1 is 1.56 bits per heavy atom. The summed E-state index contributed by atoms with van der Waals surface area (Å²) in [6.07, 6.45) is 4.42. The molecule has 1 saturated heterocycles. The van der Waals surface area contributed by atoms with E-state index in [-0.39, 0.29) is 0 Å². The van der Waals surface area contributed by atoms with Crippen LogP contribution in [0.3, 0.4) is 0 Å². The maximum atomic E-state index is 5.83. The van der Waals surface area contributed by atoms with E-state index in [2.05, 4.69) is 22.1 Å². The lowest BCUT2D eigenvalue weighted by Crippen LogP contribution is -2.38. The zero-order valence-corrected chi connectivity index (χ0v) is 11.2. The summed E-state index contributed by atoms with van der Waals surface area (Å²) in [5, 5.41) is 4.51. The van der Waals surface area contributed by atoms with Gasteiger partial charge in [0.2, 0.25) is 0 Å². The standard InChI is InChI=1S/C11H18ClN3S/c1-9(15-4-2-3-5-15)6-13-8-11-14-7-10(12)16-11/h7,9,13H,2-6,8H2,1H3. The van der Waals surface area contributed by atoms with Crippen LogP contribution in [0.5, 0.6) is 0 Å². The molecule has 0 aromatic carbocycles. The van der Waals surface area contributed by atoms with Crippen molar-refractivity contribution in [2.45, 2.75) is 32.4 Å². The predicted molar refractivity (Wildman–Crippen MR) is 69.1 cm³/mol. The van der Waals surface area contributed by atoms with E-state index in [0.29, 0.717) is 6.04 Å². The van der Waals surface area contributed by atoms with Crippen molar-refractivity contribution in [2.75, 3.05) is 19.6 Å². The Morgan fingerprint density at radius 2 is 2.31 bits per heavy atom. The first kappa shape index (κ1) is 12.3. The topological polar surface area (TPSA) is 28.2 Å². The van der Waals surface area contributed by atoms with Crippen LogP contribution >= 0.6 is 22.9 Å². The third kappa shape index (κ3) is 3.42. The number of aromatic nitrogens is 1. The summed E-state index contributed by atoms with van der Waals surface area (Å²) in [6.45, 7) is 6.65. The van der Waals surface area contributed by atoms with Crippen molar-refractivity contribution in [2.24, 2.45) is 0 Å². The second-order valence-corrected chi connectivity index (χ2v) is 6.03. The summed E-state index contributed by atoms with van der Waals surface area (Å²) in [6, 6.07) is 0.623. The molecule has 1 fully saturated rings. The summed E-state index contributed by atoms with van der Waals surface area (Å²) in [7, 11) is 0. The average Bonchev–Trinajstić information content (AvgIpc) is 2.89. The Balaban J connectivity index is 1.67. The van der Waals surface area contributed by atoms with E-state index in [4.69, 9.17) is 11.6 Å². The predicted octanol–water partition coefficient (Wildman–Crippen LogP) is 2.37. The smallest absolute Gasteiger partial charge is 0.113 e. The minimum absolute atomic E-state index is 0.623. The number of hydrogen-bond acceptors (Lipinski definition) is 4. The number of rotatable bonds is 5. The van der Waals surface area contributed by atoms with Gasteiger partial charge in [-0.05, 0) is 32.9 Å². The zero-order chi connectivity index (χ0) is 11.4. The van der Waals surface area contributed by atoms with Gasteiger partial charge in [-0.15, -0.1) is 11.3 Å². The van der Waals surface area contributed by atoms with Gasteiger partial charge in [0, 0.05) is 19.1 Å². The van der Waals surface area contributed by atoms with Gasteiger partial charge in [0.1, 0.15) is 9.34 Å². The van der Waals surface area contributed by atoms with E-state index < -0.39 is 0 Å². The summed E-state index contributed by atoms with van der Waals surface area (Å²) in [5.74, 6) is 0. The van der Waals surface area contributed by atoms with Gasteiger partial charge in [-0.3, -0.25) is 4.90 Å². The summed E-state index contributed by atoms with van der Waals surface area (Å²) < 4.78 is 0.768. The number of likely N-dealkylation sites (tertiary alicyclic amines) is 1. The Bertz CT molecular complexity index is 323. The maximum absolute atomic E-state index is 5.83. The van der Waals surface area contributed by atoms with Gasteiger partial charge >= 0.3 is 0 Å². The van der Waals surface area contributed by atoms with Gasteiger partial charge in [0.15, 0.2) is 0 Å². The lowest BCUT2D eigenvalue weighted by molar-refractivity contribution is 0.251. The molecule has 3 nitrogen and oxygen atoms in total. The van der Waals surface area contributed by atoms with Crippen LogP contribution in [0.4, 0.5) is 0 Å². The second kappa shape index (κ2) is 5.96. The van der Waals surface area contributed by atoms with Crippen LogP contribution in [0, 0.1) is 0 Å². The highest BCUT2D eigenvalue weighted by atomic mass is 35.5. The Labute approximate surface area is 106 Å². The van der Waals surface area contributed by atoms with E-state index in [9.17, 15) is 0 Å². The first-order chi connectivity index (χ1) is 7.75. The highest BCUT2D eigenvalue weighted by Crippen LogP contribution is 2.18. The van der Waals surface area contributed by atoms with Crippen LogP contribution in [-0.2, 0) is 6.54 Å². The molecule has 2 rings (SSSR count). The van der Waals surface area contributed by atoms with Crippen LogP contribution in [-0.4, -0.2) is 35.6 Å². The van der Waals surface area contributed by atoms with E-state index >= 15 is 0 Å². The normalized spacial score (nSPS) is 19.1. The van der Waals surface area contributed by atoms with Gasteiger partial charge in [-0.2, -0.15) is 0 Å². The first-order valence-corrected chi connectivity index (χ1v) is 7.00. The van der Waals surface area contributed by atoms with Crippen molar-refractivity contribution < 1.29 is 0 Å². The Kier molecular flexibility index (Phi) is 4.58. The van der Waals surface area contributed by atoms with Gasteiger partial charge in [0.25, 0.3) is 0 Å². The number of halogens is 1. The molecule has 90 valence electrons. The fourth-order valence-electron chi connectivity index (χ4n) is 2.07. The van der Waals surface area contributed by atoms with Crippen LogP contribution in [0.25, 0.3) is 0 Å². The largest absolute Gasteiger partial charge is 0.309 e. The zero-order valence-electron chi connectivity index (χ0n) is 9.58. The minimum Gasteiger partial charge on any atom is -0.309 e. The van der Waals surface area contributed by atoms with Gasteiger partial charge < -0.3 is 5.32 Å². The SMILES string of the molecule is CC(CNCc1ncc(Cl)s1)N1CCCC1. The van der Waals surface area contributed by atoms with Gasteiger partial charge in [-0.25, -0.2) is 4.98 Å². The quantitative estimate of drug-likeness (QED) is 0.880. The maximum Gasteiger partial charge on any atom is 0.113 e. The number of nitrogens with zero attached hydrogens (tertiary/aromatic N) is 2. The average molecular weight is 260 g/mol. The van der Waals surface area contributed by atoms with Crippen molar-refractivity contribution in [3.8, 4) is 0 Å². The third-order valence-corrected chi connectivity index (χ3v) is 4.12. The molecule has 2 heterocycles. The molecular formula is C11H18ClN3S. The number of thiazole rings is 1. The molecule has 16 heavy (non-hydrogen) atoms. The minimum atomic E-state index is 0.623. The van der Waals surface area contributed by atoms with Crippen molar-refractivity contribution >= 4 is 22.9 Å². The monoisotopic (exact) mass is 259 g/mol. The van der Waals surface area contributed by atoms with E-state index in [0.717, 1.165) is 22.4 Å². The van der Waals surface area contributed by atoms with Crippen molar-refractivity contribution in [3.63, 3.8) is 0 Å². The third-order valence-electron chi connectivity index (χ3n) is 3.01. The number of hydrogen-bond donors (Lipinski definition) is 1. The Morgan fingerprint density at radius 3 is 2.94 bits per heavy atom. The highest BCUT2D eigenvalue weighted by Gasteiger charge is 2.17. The molecule has 0 aliphatic carbocycles. The molecule has 1 atom stereocenters. The van der Waals surface area contributed by atoms with Crippen molar-refractivity contribution in [3.05, 3.63) is 15.5 Å². The summed E-state index contributed by atoms with van der Waals surface area (Å²) >= 11 is 7.38. The molecule has 1 aliphatic rings. The van der Waals surface area contributed by atoms with E-state index in [1.54, 1.807) is 17.5 Å². The van der Waals surface area contributed by atoms with Crippen LogP contribution in [0.15, 0.2) is 6.20 Å². The van der Waals surface area contributed by atoms with Crippen LogP contribution < -0.4 is 5.32 Å². The van der Waals surface area contributed by atoms with Crippen LogP contribution in [0.2, 0.25) is 4.34 Å². The van der Waals surface area contributed by atoms with E-state index in [1.807, 2.05) is 0 Å². The molecule has 0 spiro atoms. The second-order valence-electron chi connectivity index (χ2n) is 4.28. The molecule has 0 bridgehead atoms. The fourth-order valence-corrected chi connectivity index (χ4v) is 3.00. The van der Waals surface area contributed by atoms with Gasteiger partial charge in [0.05, 0.1) is 6.20 Å². The molecule has 1 N–H and O–H groups in total. The number of nitrogens with one attached hydrogen (secondary N) is 1. The first-order valence-electron chi connectivity index (χ1n) is 5.80. The molecule has 0 saturated carbocycles. The lowest BCUT2D eigenvalue weighted by Gasteiger charge is -2.23. The molecule has 1 unspecified atom stereocenters. The molecule has 1 aromatic heterocycles. The molecule has 5 heteroatoms. The summed E-state index contributed by atoms with van der Waals surface area (Å²) in [5.41, 5.74) is 0. The highest BCUT2D eigenvalue weighted by molar-refractivity contribution is 7.15. The van der Waals surface area contributed by atoms with Gasteiger partial charge in [-0.1, -0.05) is 11.6 Å².